The number of amides is 4. The molecule has 5 aliphatic rings. The fraction of sp³-hybridized carbons (Fsp3) is 0.543. The number of benzene rings is 1. The Morgan fingerprint density at radius 2 is 1.66 bits per heavy atom. The van der Waals surface area contributed by atoms with Gasteiger partial charge in [0.1, 0.15) is 29.3 Å². The van der Waals surface area contributed by atoms with Gasteiger partial charge in [0.05, 0.1) is 29.5 Å². The lowest BCUT2D eigenvalue weighted by Crippen LogP contribution is -2.51. The molecule has 8 heterocycles. The Bertz CT molecular complexity index is 2560. The number of nitrogen functional groups attached to an aromatic ring is 1. The van der Waals surface area contributed by atoms with Crippen LogP contribution in [-0.4, -0.2) is 124 Å². The summed E-state index contributed by atoms with van der Waals surface area (Å²) in [5.74, 6) is 0.839. The monoisotopic (exact) mass is 871 g/mol. The number of hydrogen-bond acceptors (Lipinski definition) is 13. The number of unbranched alkanes of at least 4 members (excludes halogenated alkanes) is 3. The molecular formula is C46H57N13O5. The van der Waals surface area contributed by atoms with Crippen LogP contribution in [0.15, 0.2) is 41.6 Å². The van der Waals surface area contributed by atoms with Gasteiger partial charge < -0.3 is 24.6 Å². The lowest BCUT2D eigenvalue weighted by molar-refractivity contribution is -0.163. The molecule has 0 unspecified atom stereocenters. The molecule has 5 aromatic rings. The van der Waals surface area contributed by atoms with Crippen LogP contribution in [-0.2, 0) is 20.9 Å². The highest BCUT2D eigenvalue weighted by Crippen LogP contribution is 2.48. The van der Waals surface area contributed by atoms with E-state index in [1.165, 1.54) is 11.3 Å². The Hall–Kier alpha value is -6.17. The molecule has 18 heteroatoms. The van der Waals surface area contributed by atoms with Crippen LogP contribution in [0.4, 0.5) is 11.5 Å². The first-order valence-corrected chi connectivity index (χ1v) is 23.2. The number of nitrogens with zero attached hydrogens (tertiary/aromatic N) is 12. The Morgan fingerprint density at radius 1 is 0.891 bits per heavy atom. The van der Waals surface area contributed by atoms with Gasteiger partial charge >= 0.3 is 0 Å². The van der Waals surface area contributed by atoms with Crippen molar-refractivity contribution >= 4 is 46.2 Å². The normalized spacial score (nSPS) is 19.0. The van der Waals surface area contributed by atoms with E-state index in [4.69, 9.17) is 20.3 Å². The van der Waals surface area contributed by atoms with E-state index in [0.717, 1.165) is 130 Å². The molecular weight excluding hydrogens is 815 g/mol. The fourth-order valence-corrected chi connectivity index (χ4v) is 9.95. The summed E-state index contributed by atoms with van der Waals surface area (Å²) in [7, 11) is 0. The number of imide groups is 1. The van der Waals surface area contributed by atoms with Gasteiger partial charge in [-0.2, -0.15) is 10.1 Å². The quantitative estimate of drug-likeness (QED) is 0.105. The molecule has 1 aromatic carbocycles. The van der Waals surface area contributed by atoms with Gasteiger partial charge in [0, 0.05) is 94.0 Å². The lowest BCUT2D eigenvalue weighted by atomic mass is 10.0. The van der Waals surface area contributed by atoms with E-state index < -0.39 is 0 Å². The molecule has 0 bridgehead atoms. The number of hydrogen-bond donors (Lipinski definition) is 1. The van der Waals surface area contributed by atoms with Gasteiger partial charge in [0.25, 0.3) is 5.91 Å². The van der Waals surface area contributed by atoms with Crippen LogP contribution in [0.2, 0.25) is 0 Å². The number of aromatic nitrogens is 7. The molecule has 10 rings (SSSR count). The van der Waals surface area contributed by atoms with Gasteiger partial charge in [0.15, 0.2) is 5.65 Å². The van der Waals surface area contributed by atoms with E-state index in [1.54, 1.807) is 0 Å². The topological polar surface area (TPSA) is 198 Å². The highest BCUT2D eigenvalue weighted by molar-refractivity contribution is 6.05. The van der Waals surface area contributed by atoms with Gasteiger partial charge in [-0.05, 0) is 89.1 Å². The van der Waals surface area contributed by atoms with Crippen molar-refractivity contribution in [2.24, 2.45) is 0 Å². The van der Waals surface area contributed by atoms with E-state index in [9.17, 15) is 19.2 Å². The van der Waals surface area contributed by atoms with Crippen LogP contribution in [0.3, 0.4) is 0 Å². The van der Waals surface area contributed by atoms with Crippen LogP contribution >= 0.6 is 0 Å². The summed E-state index contributed by atoms with van der Waals surface area (Å²) in [5.41, 5.74) is 12.4. The summed E-state index contributed by atoms with van der Waals surface area (Å²) in [6.45, 7) is 10.6. The standard InChI is InChI=1S/C46H57N13O5/c1-29(2)58-45-40(44(47)48-27-49-45)41(51-58)42-39(43(64-52-42)30-11-12-30)35-26-56(28-50-35)32-15-18-55(19-16-32)36(60)8-5-3-4-6-17-53-20-22-54(23-21-53)33-13-14-34-31(24-33)25-57(46(34)63)59-37(61)9-7-10-38(59)62/h13-14,24,26-30,32H,3-12,15-23,25H2,1-2H3,(H2,47,48,49). The predicted molar refractivity (Wildman–Crippen MR) is 237 cm³/mol. The van der Waals surface area contributed by atoms with Gasteiger partial charge in [0.2, 0.25) is 17.7 Å². The van der Waals surface area contributed by atoms with Crippen molar-refractivity contribution < 1.29 is 23.7 Å². The van der Waals surface area contributed by atoms with Crippen molar-refractivity contribution in [2.45, 2.75) is 115 Å². The fourth-order valence-electron chi connectivity index (χ4n) is 9.95. The number of likely N-dealkylation sites (tertiary alicyclic amines) is 1. The molecule has 4 fully saturated rings. The number of nitrogens with two attached hydrogens (primary N) is 1. The molecule has 1 saturated carbocycles. The number of hydrazine groups is 1. The average molecular weight is 872 g/mol. The van der Waals surface area contributed by atoms with Crippen molar-refractivity contribution in [3.63, 3.8) is 0 Å². The van der Waals surface area contributed by atoms with Gasteiger partial charge in [-0.15, -0.1) is 0 Å². The molecule has 0 spiro atoms. The first-order chi connectivity index (χ1) is 31.1. The largest absolute Gasteiger partial charge is 0.383 e. The Balaban J connectivity index is 0.659. The SMILES string of the molecule is CC(C)n1nc(-c2noc(C3CC3)c2-c2cn(C3CCN(C(=O)CCCCCCN4CCN(c5ccc6c(c5)CN(N5C(=O)CCCC5=O)C6=O)CC4)CC3)cn2)c2c(N)ncnc21. The average Bonchev–Trinajstić information content (AvgIpc) is 3.58. The summed E-state index contributed by atoms with van der Waals surface area (Å²) in [6.07, 6.45) is 15.1. The van der Waals surface area contributed by atoms with E-state index in [1.807, 2.05) is 34.1 Å². The molecule has 0 radical (unpaired) electrons. The van der Waals surface area contributed by atoms with E-state index in [-0.39, 0.29) is 55.1 Å². The van der Waals surface area contributed by atoms with Crippen LogP contribution in [0.25, 0.3) is 33.7 Å². The number of imidazole rings is 1. The molecule has 1 aliphatic carbocycles. The highest BCUT2D eigenvalue weighted by Gasteiger charge is 2.40. The zero-order valence-corrected chi connectivity index (χ0v) is 36.8. The predicted octanol–water partition coefficient (Wildman–Crippen LogP) is 5.73. The molecule has 18 nitrogen and oxygen atoms in total. The third-order valence-electron chi connectivity index (χ3n) is 13.7. The molecule has 3 saturated heterocycles. The second kappa shape index (κ2) is 17.4. The lowest BCUT2D eigenvalue weighted by Gasteiger charge is -2.36. The molecule has 0 atom stereocenters. The zero-order valence-electron chi connectivity index (χ0n) is 36.8. The number of anilines is 2. The maximum atomic E-state index is 13.3. The van der Waals surface area contributed by atoms with Crippen molar-refractivity contribution in [2.75, 3.05) is 56.4 Å². The number of carbonyl (C=O) groups is 4. The molecule has 336 valence electrons. The smallest absolute Gasteiger partial charge is 0.273 e. The first-order valence-electron chi connectivity index (χ1n) is 23.2. The van der Waals surface area contributed by atoms with E-state index in [2.05, 4.69) is 49.5 Å². The van der Waals surface area contributed by atoms with Crippen LogP contribution in [0.1, 0.15) is 131 Å². The zero-order chi connectivity index (χ0) is 44.1. The van der Waals surface area contributed by atoms with Crippen molar-refractivity contribution in [3.8, 4) is 22.6 Å². The Morgan fingerprint density at radius 3 is 2.41 bits per heavy atom. The first kappa shape index (κ1) is 41.8. The molecule has 64 heavy (non-hydrogen) atoms. The van der Waals surface area contributed by atoms with Gasteiger partial charge in [-0.3, -0.25) is 24.1 Å². The van der Waals surface area contributed by atoms with Gasteiger partial charge in [-0.1, -0.05) is 18.0 Å². The Labute approximate surface area is 371 Å². The van der Waals surface area contributed by atoms with Crippen molar-refractivity contribution in [1.82, 2.24) is 54.3 Å². The van der Waals surface area contributed by atoms with Crippen molar-refractivity contribution in [1.29, 1.82) is 0 Å². The summed E-state index contributed by atoms with van der Waals surface area (Å²) in [6, 6.07) is 6.15. The minimum atomic E-state index is -0.302. The highest BCUT2D eigenvalue weighted by atomic mass is 16.5. The second-order valence-corrected chi connectivity index (χ2v) is 18.4. The molecule has 4 aromatic heterocycles. The minimum Gasteiger partial charge on any atom is -0.383 e. The van der Waals surface area contributed by atoms with Crippen LogP contribution < -0.4 is 10.6 Å². The number of fused-ring (bicyclic) bond motifs is 2. The third-order valence-corrected chi connectivity index (χ3v) is 13.7. The molecule has 4 amide bonds. The maximum Gasteiger partial charge on any atom is 0.273 e. The molecule has 4 aliphatic heterocycles. The van der Waals surface area contributed by atoms with Crippen LogP contribution in [0, 0.1) is 0 Å². The number of piperazine rings is 1. The maximum absolute atomic E-state index is 13.3. The van der Waals surface area contributed by atoms with Gasteiger partial charge in [-0.25, -0.2) is 24.6 Å². The third kappa shape index (κ3) is 8.00. The number of rotatable bonds is 14. The summed E-state index contributed by atoms with van der Waals surface area (Å²) in [4.78, 5) is 71.9. The van der Waals surface area contributed by atoms with Crippen molar-refractivity contribution in [3.05, 3.63) is 53.9 Å². The summed E-state index contributed by atoms with van der Waals surface area (Å²) in [5, 5.41) is 12.5. The Kier molecular flexibility index (Phi) is 11.4. The molecule has 2 N–H and O–H groups in total. The number of piperidine rings is 2. The van der Waals surface area contributed by atoms with E-state index >= 15 is 0 Å². The van der Waals surface area contributed by atoms with E-state index in [0.29, 0.717) is 52.6 Å². The summed E-state index contributed by atoms with van der Waals surface area (Å²) >= 11 is 0. The minimum absolute atomic E-state index is 0.0529. The van der Waals surface area contributed by atoms with Crippen LogP contribution in [0.5, 0.6) is 0 Å². The number of carbonyl (C=O) groups excluding carboxylic acids is 4. The second-order valence-electron chi connectivity index (χ2n) is 18.4. The summed E-state index contributed by atoms with van der Waals surface area (Å²) < 4.78 is 10.0.